The first-order valence-corrected chi connectivity index (χ1v) is 7.12. The molecule has 0 amide bonds. The van der Waals surface area contributed by atoms with Gasteiger partial charge in [0.15, 0.2) is 0 Å². The van der Waals surface area contributed by atoms with Gasteiger partial charge in [-0.2, -0.15) is 0 Å². The first-order valence-electron chi connectivity index (χ1n) is 5.23. The molecule has 0 saturated carbocycles. The van der Waals surface area contributed by atoms with Crippen LogP contribution in [0.2, 0.25) is 0 Å². The zero-order valence-electron chi connectivity index (χ0n) is 9.71. The molecule has 93 valence electrons. The number of sulfonamides is 1. The van der Waals surface area contributed by atoms with Gasteiger partial charge in [0.25, 0.3) is 0 Å². The molecule has 1 radical (unpaired) electrons. The van der Waals surface area contributed by atoms with Crippen LogP contribution in [0.4, 0.5) is 5.69 Å². The van der Waals surface area contributed by atoms with Crippen LogP contribution in [0.25, 0.3) is 11.1 Å². The van der Waals surface area contributed by atoms with Gasteiger partial charge in [0.2, 0.25) is 10.0 Å². The largest absolute Gasteiger partial charge is 0.508 e. The first kappa shape index (κ1) is 12.4. The summed E-state index contributed by atoms with van der Waals surface area (Å²) in [5.74, 6) is 0.130. The minimum Gasteiger partial charge on any atom is -0.508 e. The van der Waals surface area contributed by atoms with Gasteiger partial charge in [0.1, 0.15) is 5.75 Å². The predicted molar refractivity (Wildman–Crippen MR) is 70.8 cm³/mol. The number of anilines is 1. The summed E-state index contributed by atoms with van der Waals surface area (Å²) in [6.07, 6.45) is 1.09. The highest BCUT2D eigenvalue weighted by atomic mass is 32.2. The smallest absolute Gasteiger partial charge is 0.229 e. The Bertz CT molecular complexity index is 665. The third kappa shape index (κ3) is 3.01. The third-order valence-electron chi connectivity index (χ3n) is 2.32. The number of rotatable bonds is 3. The summed E-state index contributed by atoms with van der Waals surface area (Å²) in [5, 5.41) is 9.45. The molecule has 2 aromatic carbocycles. The van der Waals surface area contributed by atoms with E-state index in [1.165, 1.54) is 0 Å². The lowest BCUT2D eigenvalue weighted by Gasteiger charge is -2.10. The van der Waals surface area contributed by atoms with E-state index in [1.54, 1.807) is 42.5 Å². The lowest BCUT2D eigenvalue weighted by Crippen LogP contribution is -2.10. The molecule has 0 aliphatic rings. The fourth-order valence-electron chi connectivity index (χ4n) is 1.64. The maximum Gasteiger partial charge on any atom is 0.229 e. The fourth-order valence-corrected chi connectivity index (χ4v) is 2.21. The molecule has 0 spiro atoms. The molecule has 0 aliphatic heterocycles. The normalized spacial score (nSPS) is 11.2. The van der Waals surface area contributed by atoms with Crippen molar-refractivity contribution in [3.8, 4) is 16.9 Å². The van der Waals surface area contributed by atoms with E-state index >= 15 is 0 Å². The third-order valence-corrected chi connectivity index (χ3v) is 2.91. The highest BCUT2D eigenvalue weighted by molar-refractivity contribution is 7.92. The second-order valence-corrected chi connectivity index (χ2v) is 5.64. The Balaban J connectivity index is 2.51. The lowest BCUT2D eigenvalue weighted by atomic mass is 10.0. The van der Waals surface area contributed by atoms with Gasteiger partial charge >= 0.3 is 0 Å². The van der Waals surface area contributed by atoms with E-state index in [0.717, 1.165) is 11.8 Å². The van der Waals surface area contributed by atoms with Crippen LogP contribution in [0.15, 0.2) is 42.5 Å². The van der Waals surface area contributed by atoms with Crippen molar-refractivity contribution in [2.45, 2.75) is 0 Å². The van der Waals surface area contributed by atoms with Crippen molar-refractivity contribution in [2.75, 3.05) is 11.0 Å². The van der Waals surface area contributed by atoms with Gasteiger partial charge in [-0.25, -0.2) is 8.42 Å². The molecular formula is C13H12NO3S. The van der Waals surface area contributed by atoms with Crippen molar-refractivity contribution in [1.29, 1.82) is 0 Å². The molecular weight excluding hydrogens is 250 g/mol. The average molecular weight is 262 g/mol. The molecule has 0 heterocycles. The SMILES string of the molecule is CS(=O)(=O)Nc1c[c]ccc1-c1cccc(O)c1. The minimum atomic E-state index is -3.35. The zero-order valence-corrected chi connectivity index (χ0v) is 10.5. The number of aromatic hydroxyl groups is 1. The number of benzene rings is 2. The maximum absolute atomic E-state index is 11.3. The Kier molecular flexibility index (Phi) is 3.25. The van der Waals surface area contributed by atoms with Crippen LogP contribution in [0.1, 0.15) is 0 Å². The first-order chi connectivity index (χ1) is 8.46. The van der Waals surface area contributed by atoms with Crippen molar-refractivity contribution < 1.29 is 13.5 Å². The van der Waals surface area contributed by atoms with Gasteiger partial charge in [0, 0.05) is 5.56 Å². The summed E-state index contributed by atoms with van der Waals surface area (Å²) >= 11 is 0. The number of phenols is 1. The van der Waals surface area contributed by atoms with Crippen LogP contribution < -0.4 is 4.72 Å². The lowest BCUT2D eigenvalue weighted by molar-refractivity contribution is 0.475. The minimum absolute atomic E-state index is 0.130. The molecule has 0 fully saturated rings. The average Bonchev–Trinajstić information content (AvgIpc) is 2.27. The maximum atomic E-state index is 11.3. The molecule has 0 atom stereocenters. The van der Waals surface area contributed by atoms with Gasteiger partial charge in [-0.05, 0) is 29.8 Å². The molecule has 0 bridgehead atoms. The van der Waals surface area contributed by atoms with Crippen LogP contribution in [-0.2, 0) is 10.0 Å². The van der Waals surface area contributed by atoms with Gasteiger partial charge < -0.3 is 5.11 Å². The van der Waals surface area contributed by atoms with E-state index < -0.39 is 10.0 Å². The van der Waals surface area contributed by atoms with Crippen molar-refractivity contribution in [1.82, 2.24) is 0 Å². The molecule has 0 aromatic heterocycles. The molecule has 0 unspecified atom stereocenters. The van der Waals surface area contributed by atoms with Crippen LogP contribution >= 0.6 is 0 Å². The van der Waals surface area contributed by atoms with Crippen LogP contribution in [0, 0.1) is 6.07 Å². The predicted octanol–water partition coefficient (Wildman–Crippen LogP) is 2.23. The number of hydrogen-bond donors (Lipinski definition) is 2. The number of nitrogens with one attached hydrogen (secondary N) is 1. The molecule has 2 N–H and O–H groups in total. The second-order valence-electron chi connectivity index (χ2n) is 3.90. The highest BCUT2D eigenvalue weighted by Gasteiger charge is 2.08. The zero-order chi connectivity index (χ0) is 13.2. The second kappa shape index (κ2) is 4.70. The summed E-state index contributed by atoms with van der Waals surface area (Å²) in [4.78, 5) is 0. The summed E-state index contributed by atoms with van der Waals surface area (Å²) in [6, 6.07) is 14.4. The Morgan fingerprint density at radius 1 is 1.28 bits per heavy atom. The number of hydrogen-bond acceptors (Lipinski definition) is 3. The summed E-state index contributed by atoms with van der Waals surface area (Å²) < 4.78 is 25.0. The van der Waals surface area contributed by atoms with Crippen molar-refractivity contribution in [3.05, 3.63) is 48.5 Å². The van der Waals surface area contributed by atoms with E-state index in [2.05, 4.69) is 10.8 Å². The molecule has 0 saturated heterocycles. The Hall–Kier alpha value is -2.01. The van der Waals surface area contributed by atoms with Gasteiger partial charge in [0.05, 0.1) is 11.9 Å². The molecule has 2 rings (SSSR count). The van der Waals surface area contributed by atoms with E-state index in [1.807, 2.05) is 0 Å². The summed E-state index contributed by atoms with van der Waals surface area (Å²) in [5.41, 5.74) is 1.86. The molecule has 5 heteroatoms. The molecule has 4 nitrogen and oxygen atoms in total. The van der Waals surface area contributed by atoms with Gasteiger partial charge in [-0.1, -0.05) is 24.3 Å². The highest BCUT2D eigenvalue weighted by Crippen LogP contribution is 2.30. The van der Waals surface area contributed by atoms with Crippen LogP contribution in [0.5, 0.6) is 5.75 Å². The number of phenolic OH excluding ortho intramolecular Hbond substituents is 1. The Morgan fingerprint density at radius 3 is 2.72 bits per heavy atom. The van der Waals surface area contributed by atoms with Crippen LogP contribution in [-0.4, -0.2) is 19.8 Å². The van der Waals surface area contributed by atoms with Gasteiger partial charge in [-0.15, -0.1) is 0 Å². The van der Waals surface area contributed by atoms with Crippen molar-refractivity contribution >= 4 is 15.7 Å². The van der Waals surface area contributed by atoms with E-state index in [4.69, 9.17) is 0 Å². The Morgan fingerprint density at radius 2 is 2.06 bits per heavy atom. The van der Waals surface area contributed by atoms with E-state index in [-0.39, 0.29) is 5.75 Å². The molecule has 0 aliphatic carbocycles. The fraction of sp³-hybridized carbons (Fsp3) is 0.0769. The molecule has 2 aromatic rings. The summed E-state index contributed by atoms with van der Waals surface area (Å²) in [6.45, 7) is 0. The van der Waals surface area contributed by atoms with E-state index in [0.29, 0.717) is 11.3 Å². The summed E-state index contributed by atoms with van der Waals surface area (Å²) in [7, 11) is -3.35. The Labute approximate surface area is 106 Å². The monoisotopic (exact) mass is 262 g/mol. The molecule has 18 heavy (non-hydrogen) atoms. The van der Waals surface area contributed by atoms with Crippen molar-refractivity contribution in [3.63, 3.8) is 0 Å². The van der Waals surface area contributed by atoms with Crippen molar-refractivity contribution in [2.24, 2.45) is 0 Å². The van der Waals surface area contributed by atoms with E-state index in [9.17, 15) is 13.5 Å². The van der Waals surface area contributed by atoms with Gasteiger partial charge in [-0.3, -0.25) is 4.72 Å². The van der Waals surface area contributed by atoms with Crippen LogP contribution in [0.3, 0.4) is 0 Å². The topological polar surface area (TPSA) is 66.4 Å². The quantitative estimate of drug-likeness (QED) is 0.891. The standard InChI is InChI=1S/C13H12NO3S/c1-18(16,17)14-13-8-3-2-7-12(13)10-5-4-6-11(15)9-10/h2,4-9,14-15H,1H3.